The summed E-state index contributed by atoms with van der Waals surface area (Å²) in [6.07, 6.45) is 5.13. The Morgan fingerprint density at radius 1 is 1.61 bits per heavy atom. The number of aryl methyl sites for hydroxylation is 1. The Kier molecular flexibility index (Phi) is 6.04. The normalized spacial score (nSPS) is 21.3. The van der Waals surface area contributed by atoms with Crippen LogP contribution in [0.15, 0.2) is 27.9 Å². The van der Waals surface area contributed by atoms with E-state index >= 15 is 0 Å². The van der Waals surface area contributed by atoms with Crippen molar-refractivity contribution in [1.29, 1.82) is 0 Å². The first-order valence-electron chi connectivity index (χ1n) is 6.42. The molecule has 2 aliphatic heterocycles. The van der Waals surface area contributed by atoms with E-state index in [1.54, 1.807) is 30.2 Å². The summed E-state index contributed by atoms with van der Waals surface area (Å²) in [7, 11) is 1.78. The molecular weight excluding hydrogens is 349 g/mol. The van der Waals surface area contributed by atoms with E-state index in [2.05, 4.69) is 5.10 Å². The quantitative estimate of drug-likeness (QED) is 0.328. The van der Waals surface area contributed by atoms with Crippen molar-refractivity contribution >= 4 is 41.5 Å². The molecular formula is C13H12N3NaO4S2. The van der Waals surface area contributed by atoms with E-state index < -0.39 is 5.97 Å². The molecule has 1 aromatic heterocycles. The third-order valence-electron chi connectivity index (χ3n) is 3.18. The summed E-state index contributed by atoms with van der Waals surface area (Å²) < 4.78 is 2.13. The molecule has 7 nitrogen and oxygen atoms in total. The van der Waals surface area contributed by atoms with Crippen LogP contribution in [0.4, 0.5) is 0 Å². The molecule has 0 aromatic carbocycles. The number of hydrogen-bond acceptors (Lipinski definition) is 7. The van der Waals surface area contributed by atoms with E-state index in [4.69, 9.17) is 5.11 Å². The summed E-state index contributed by atoms with van der Waals surface area (Å²) in [6, 6.07) is 0. The van der Waals surface area contributed by atoms with Crippen molar-refractivity contribution in [2.75, 3.05) is 12.4 Å². The van der Waals surface area contributed by atoms with Crippen LogP contribution >= 0.6 is 23.5 Å². The second-order valence-corrected chi connectivity index (χ2v) is 7.14. The average Bonchev–Trinajstić information content (AvgIpc) is 3.04. The Hall–Kier alpha value is -0.710. The number of β-lactam (4-membered cyclic amide) rings is 1. The van der Waals surface area contributed by atoms with E-state index in [1.807, 2.05) is 0 Å². The number of aliphatic carboxylic acids is 1. The zero-order valence-corrected chi connectivity index (χ0v) is 16.2. The smallest absolute Gasteiger partial charge is 0.543 e. The van der Waals surface area contributed by atoms with Gasteiger partial charge in [0, 0.05) is 24.6 Å². The van der Waals surface area contributed by atoms with Gasteiger partial charge >= 0.3 is 29.6 Å². The first kappa shape index (κ1) is 18.6. The fourth-order valence-electron chi connectivity index (χ4n) is 2.26. The number of rotatable bonds is 5. The number of nitrogens with zero attached hydrogens (tertiary/aromatic N) is 3. The van der Waals surface area contributed by atoms with Gasteiger partial charge in [-0.05, 0) is 6.08 Å². The minimum Gasteiger partial charge on any atom is -0.543 e. The van der Waals surface area contributed by atoms with E-state index in [9.17, 15) is 14.7 Å². The van der Waals surface area contributed by atoms with Gasteiger partial charge in [0.1, 0.15) is 5.37 Å². The fraction of sp³-hybridized carbons (Fsp3) is 0.308. The molecule has 0 radical (unpaired) electrons. The van der Waals surface area contributed by atoms with E-state index in [0.29, 0.717) is 15.6 Å². The van der Waals surface area contributed by atoms with Crippen molar-refractivity contribution in [3.05, 3.63) is 33.5 Å². The summed E-state index contributed by atoms with van der Waals surface area (Å²) in [5, 5.41) is 23.9. The van der Waals surface area contributed by atoms with Crippen molar-refractivity contribution < 1.29 is 49.4 Å². The zero-order chi connectivity index (χ0) is 15.9. The van der Waals surface area contributed by atoms with Gasteiger partial charge in [-0.25, -0.2) is 0 Å². The van der Waals surface area contributed by atoms with Gasteiger partial charge in [-0.3, -0.25) is 14.4 Å². The van der Waals surface area contributed by atoms with Crippen molar-refractivity contribution in [2.45, 2.75) is 5.37 Å². The molecule has 116 valence electrons. The van der Waals surface area contributed by atoms with Crippen LogP contribution in [0.2, 0.25) is 0 Å². The van der Waals surface area contributed by atoms with Gasteiger partial charge in [-0.2, -0.15) is 5.10 Å². The Morgan fingerprint density at radius 2 is 2.35 bits per heavy atom. The van der Waals surface area contributed by atoms with Crippen LogP contribution in [0.25, 0.3) is 6.08 Å². The van der Waals surface area contributed by atoms with Crippen molar-refractivity contribution in [3.8, 4) is 0 Å². The molecule has 0 spiro atoms. The topological polar surface area (TPSA) is 98.5 Å². The largest absolute Gasteiger partial charge is 1.00 e. The van der Waals surface area contributed by atoms with Gasteiger partial charge in [0.25, 0.3) is 5.91 Å². The predicted octanol–water partition coefficient (Wildman–Crippen LogP) is -3.63. The van der Waals surface area contributed by atoms with Gasteiger partial charge in [0.05, 0.1) is 34.3 Å². The van der Waals surface area contributed by atoms with Gasteiger partial charge in [-0.15, -0.1) is 11.8 Å². The average molecular weight is 361 g/mol. The number of thioether (sulfide) groups is 2. The molecule has 1 atom stereocenters. The maximum absolute atomic E-state index is 12.2. The number of carbonyl (C=O) groups excluding carboxylic acids is 2. The molecule has 2 aliphatic rings. The molecule has 3 rings (SSSR count). The molecule has 1 aromatic rings. The molecule has 1 N–H and O–H groups in total. The number of aliphatic hydroxyl groups is 1. The minimum atomic E-state index is -1.37. The molecule has 1 fully saturated rings. The van der Waals surface area contributed by atoms with Gasteiger partial charge in [-0.1, -0.05) is 11.8 Å². The van der Waals surface area contributed by atoms with Crippen LogP contribution in [0.1, 0.15) is 5.56 Å². The predicted molar refractivity (Wildman–Crippen MR) is 81.0 cm³/mol. The van der Waals surface area contributed by atoms with E-state index in [-0.39, 0.29) is 53.1 Å². The number of carboxylic acids is 1. The van der Waals surface area contributed by atoms with Crippen molar-refractivity contribution in [1.82, 2.24) is 14.7 Å². The van der Waals surface area contributed by atoms with Crippen LogP contribution in [0, 0.1) is 0 Å². The summed E-state index contributed by atoms with van der Waals surface area (Å²) in [4.78, 5) is 24.8. The monoisotopic (exact) mass is 361 g/mol. The molecule has 1 unspecified atom stereocenters. The molecule has 3 heterocycles. The molecule has 1 saturated heterocycles. The van der Waals surface area contributed by atoms with Crippen LogP contribution in [0.3, 0.4) is 0 Å². The molecule has 0 saturated carbocycles. The molecule has 1 amide bonds. The standard InChI is InChI=1S/C13H13N3O4S2.Na/c1-15-6-7(5-14-15)4-8-10(18)16-9(12(19)20)13(21-3-2-17)22-11(8)16;/h4-6,11,17H,2-3H2,1H3,(H,19,20);/q;+1/p-1/b8-4-;. The Morgan fingerprint density at radius 3 is 2.91 bits per heavy atom. The van der Waals surface area contributed by atoms with Crippen LogP contribution < -0.4 is 34.7 Å². The SMILES string of the molecule is Cn1cc(/C=C2/C(=O)N3C(C(=O)[O-])=C(SCCO)SC23)cn1.[Na+]. The molecule has 10 heteroatoms. The van der Waals surface area contributed by atoms with Crippen LogP contribution in [-0.2, 0) is 16.6 Å². The van der Waals surface area contributed by atoms with Gasteiger partial charge in [0.2, 0.25) is 0 Å². The second-order valence-electron chi connectivity index (χ2n) is 4.69. The number of aromatic nitrogens is 2. The maximum Gasteiger partial charge on any atom is 1.00 e. The summed E-state index contributed by atoms with van der Waals surface area (Å²) in [6.45, 7) is -0.0634. The zero-order valence-electron chi connectivity index (χ0n) is 12.6. The molecule has 0 bridgehead atoms. The van der Waals surface area contributed by atoms with Gasteiger partial charge in [0.15, 0.2) is 0 Å². The molecule has 23 heavy (non-hydrogen) atoms. The Labute approximate surface area is 163 Å². The van der Waals surface area contributed by atoms with Gasteiger partial charge < -0.3 is 15.0 Å². The van der Waals surface area contributed by atoms with Crippen LogP contribution in [-0.4, -0.2) is 49.4 Å². The number of carbonyl (C=O) groups is 2. The van der Waals surface area contributed by atoms with Crippen molar-refractivity contribution in [3.63, 3.8) is 0 Å². The number of fused-ring (bicyclic) bond motifs is 1. The summed E-state index contributed by atoms with van der Waals surface area (Å²) >= 11 is 2.51. The number of amides is 1. The Balaban J connectivity index is 0.00000192. The maximum atomic E-state index is 12.2. The number of carboxylic acid groups (broad SMARTS) is 1. The number of hydrogen-bond donors (Lipinski definition) is 1. The minimum absolute atomic E-state index is 0. The van der Waals surface area contributed by atoms with Crippen LogP contribution in [0.5, 0.6) is 0 Å². The Bertz CT molecular complexity index is 716. The molecule has 0 aliphatic carbocycles. The third-order valence-corrected chi connectivity index (χ3v) is 5.76. The van der Waals surface area contributed by atoms with E-state index in [1.165, 1.54) is 28.4 Å². The summed E-state index contributed by atoms with van der Waals surface area (Å²) in [5.41, 5.74) is 1.23. The third kappa shape index (κ3) is 3.40. The number of aliphatic hydroxyl groups excluding tert-OH is 1. The summed E-state index contributed by atoms with van der Waals surface area (Å²) in [5.74, 6) is -1.33. The first-order chi connectivity index (χ1) is 10.5. The van der Waals surface area contributed by atoms with Crippen molar-refractivity contribution in [2.24, 2.45) is 7.05 Å². The fourth-order valence-corrected chi connectivity index (χ4v) is 4.75. The van der Waals surface area contributed by atoms with E-state index in [0.717, 1.165) is 5.56 Å². The first-order valence-corrected chi connectivity index (χ1v) is 8.29. The second kappa shape index (κ2) is 7.45.